The van der Waals surface area contributed by atoms with Gasteiger partial charge in [0.2, 0.25) is 0 Å². The summed E-state index contributed by atoms with van der Waals surface area (Å²) in [5, 5.41) is 11.6. The summed E-state index contributed by atoms with van der Waals surface area (Å²) in [6, 6.07) is 5.81. The third kappa shape index (κ3) is 3.76. The standard InChI is InChI=1S/C17H17F3N2O4/c18-17(19,20)13-4-2-1-3-10(13)7-12-8-11(5-6-22(12)16(24)25)14-9-15(23)21-26-14/h1-4,9,11-12H,5-8H2,(H,21,23)(H,24,25)/t11-,12-/m0/s1. The number of carboxylic acid groups (broad SMARTS) is 1. The Labute approximate surface area is 146 Å². The normalized spacial score (nSPS) is 21.0. The van der Waals surface area contributed by atoms with Crippen LogP contribution in [0.4, 0.5) is 18.0 Å². The van der Waals surface area contributed by atoms with Crippen LogP contribution in [0, 0.1) is 0 Å². The smallest absolute Gasteiger partial charge is 0.416 e. The zero-order chi connectivity index (χ0) is 18.9. The summed E-state index contributed by atoms with van der Waals surface area (Å²) in [6.07, 6.45) is -5.03. The van der Waals surface area contributed by atoms with Gasteiger partial charge in [-0.2, -0.15) is 18.3 Å². The number of aromatic nitrogens is 1. The van der Waals surface area contributed by atoms with Crippen LogP contribution in [-0.4, -0.2) is 33.8 Å². The van der Waals surface area contributed by atoms with E-state index >= 15 is 0 Å². The lowest BCUT2D eigenvalue weighted by Crippen LogP contribution is -2.46. The van der Waals surface area contributed by atoms with Crippen molar-refractivity contribution in [1.29, 1.82) is 0 Å². The minimum Gasteiger partial charge on any atom is -0.465 e. The van der Waals surface area contributed by atoms with Gasteiger partial charge in [0.25, 0.3) is 5.56 Å². The van der Waals surface area contributed by atoms with Crippen LogP contribution >= 0.6 is 0 Å². The van der Waals surface area contributed by atoms with Gasteiger partial charge in [-0.3, -0.25) is 4.79 Å². The van der Waals surface area contributed by atoms with Gasteiger partial charge in [0.05, 0.1) is 5.56 Å². The number of H-pyrrole nitrogens is 1. The fraction of sp³-hybridized carbons (Fsp3) is 0.412. The predicted molar refractivity (Wildman–Crippen MR) is 85.0 cm³/mol. The molecule has 6 nitrogen and oxygen atoms in total. The molecular formula is C17H17F3N2O4. The molecule has 3 rings (SSSR count). The fourth-order valence-electron chi connectivity index (χ4n) is 3.48. The second-order valence-electron chi connectivity index (χ2n) is 6.33. The van der Waals surface area contributed by atoms with Crippen molar-refractivity contribution in [2.24, 2.45) is 0 Å². The van der Waals surface area contributed by atoms with Gasteiger partial charge in [-0.15, -0.1) is 0 Å². The molecule has 1 aromatic heterocycles. The van der Waals surface area contributed by atoms with Crippen molar-refractivity contribution in [2.45, 2.75) is 37.4 Å². The highest BCUT2D eigenvalue weighted by molar-refractivity contribution is 5.65. The number of hydrogen-bond acceptors (Lipinski definition) is 3. The summed E-state index contributed by atoms with van der Waals surface area (Å²) in [6.45, 7) is 0.160. The number of hydrogen-bond donors (Lipinski definition) is 2. The number of aromatic amines is 1. The third-order valence-corrected chi connectivity index (χ3v) is 4.69. The van der Waals surface area contributed by atoms with Gasteiger partial charge in [0, 0.05) is 24.6 Å². The fourth-order valence-corrected chi connectivity index (χ4v) is 3.48. The number of piperidine rings is 1. The number of nitrogens with zero attached hydrogens (tertiary/aromatic N) is 1. The molecule has 2 N–H and O–H groups in total. The van der Waals surface area contributed by atoms with E-state index in [0.717, 1.165) is 11.0 Å². The average molecular weight is 370 g/mol. The van der Waals surface area contributed by atoms with Gasteiger partial charge in [-0.05, 0) is 30.9 Å². The number of carbonyl (C=O) groups is 1. The number of alkyl halides is 3. The lowest BCUT2D eigenvalue weighted by Gasteiger charge is -2.37. The van der Waals surface area contributed by atoms with E-state index in [-0.39, 0.29) is 30.9 Å². The van der Waals surface area contributed by atoms with Gasteiger partial charge >= 0.3 is 12.3 Å². The summed E-state index contributed by atoms with van der Waals surface area (Å²) in [5.41, 5.74) is -1.12. The summed E-state index contributed by atoms with van der Waals surface area (Å²) in [7, 11) is 0. The van der Waals surface area contributed by atoms with Crippen molar-refractivity contribution < 1.29 is 27.6 Å². The molecule has 1 amide bonds. The van der Waals surface area contributed by atoms with Crippen molar-refractivity contribution in [3.63, 3.8) is 0 Å². The topological polar surface area (TPSA) is 86.5 Å². The van der Waals surface area contributed by atoms with Crippen molar-refractivity contribution in [2.75, 3.05) is 6.54 Å². The summed E-state index contributed by atoms with van der Waals surface area (Å²) < 4.78 is 44.7. The van der Waals surface area contributed by atoms with Gasteiger partial charge in [0.1, 0.15) is 5.76 Å². The average Bonchev–Trinajstić information content (AvgIpc) is 3.00. The lowest BCUT2D eigenvalue weighted by atomic mass is 9.85. The monoisotopic (exact) mass is 370 g/mol. The van der Waals surface area contributed by atoms with Crippen LogP contribution in [0.3, 0.4) is 0 Å². The van der Waals surface area contributed by atoms with Crippen molar-refractivity contribution in [3.05, 3.63) is 57.6 Å². The summed E-state index contributed by atoms with van der Waals surface area (Å²) in [5.74, 6) is 0.168. The molecule has 1 aliphatic rings. The zero-order valence-electron chi connectivity index (χ0n) is 13.6. The molecule has 9 heteroatoms. The van der Waals surface area contributed by atoms with Crippen molar-refractivity contribution in [3.8, 4) is 0 Å². The molecule has 26 heavy (non-hydrogen) atoms. The molecule has 0 radical (unpaired) electrons. The Balaban J connectivity index is 1.87. The van der Waals surface area contributed by atoms with Crippen molar-refractivity contribution >= 4 is 6.09 Å². The van der Waals surface area contributed by atoms with Crippen LogP contribution in [0.5, 0.6) is 0 Å². The second-order valence-corrected chi connectivity index (χ2v) is 6.33. The Hall–Kier alpha value is -2.71. The molecule has 0 unspecified atom stereocenters. The largest absolute Gasteiger partial charge is 0.465 e. The maximum atomic E-state index is 13.2. The first-order chi connectivity index (χ1) is 12.3. The van der Waals surface area contributed by atoms with Crippen LogP contribution < -0.4 is 5.56 Å². The quantitative estimate of drug-likeness (QED) is 0.866. The van der Waals surface area contributed by atoms with E-state index in [2.05, 4.69) is 5.16 Å². The summed E-state index contributed by atoms with van der Waals surface area (Å²) in [4.78, 5) is 23.9. The number of amides is 1. The molecule has 2 atom stereocenters. The van der Waals surface area contributed by atoms with E-state index in [9.17, 15) is 27.9 Å². The molecular weight excluding hydrogens is 353 g/mol. The minimum absolute atomic E-state index is 0.0485. The second kappa shape index (κ2) is 6.89. The SMILES string of the molecule is O=C(O)N1CC[C@H](c2cc(=O)[nH]o2)C[C@@H]1Cc1ccccc1C(F)(F)F. The molecule has 1 aliphatic heterocycles. The predicted octanol–water partition coefficient (Wildman–Crippen LogP) is 3.46. The van der Waals surface area contributed by atoms with Crippen LogP contribution in [0.1, 0.15) is 35.6 Å². The third-order valence-electron chi connectivity index (χ3n) is 4.69. The van der Waals surface area contributed by atoms with E-state index in [1.807, 2.05) is 0 Å². The highest BCUT2D eigenvalue weighted by Crippen LogP contribution is 2.36. The molecule has 0 bridgehead atoms. The number of halogens is 3. The molecule has 0 saturated carbocycles. The number of rotatable bonds is 3. The Kier molecular flexibility index (Phi) is 4.80. The highest BCUT2D eigenvalue weighted by Gasteiger charge is 2.37. The number of likely N-dealkylation sites (tertiary alicyclic amines) is 1. The molecule has 2 aromatic rings. The summed E-state index contributed by atoms with van der Waals surface area (Å²) >= 11 is 0. The molecule has 1 fully saturated rings. The van der Waals surface area contributed by atoms with E-state index in [4.69, 9.17) is 4.52 Å². The Morgan fingerprint density at radius 1 is 1.35 bits per heavy atom. The molecule has 1 aromatic carbocycles. The van der Waals surface area contributed by atoms with Crippen LogP contribution in [0.15, 0.2) is 39.6 Å². The first-order valence-corrected chi connectivity index (χ1v) is 8.09. The molecule has 1 saturated heterocycles. The highest BCUT2D eigenvalue weighted by atomic mass is 19.4. The van der Waals surface area contributed by atoms with Crippen LogP contribution in [0.25, 0.3) is 0 Å². The van der Waals surface area contributed by atoms with Crippen LogP contribution in [0.2, 0.25) is 0 Å². The Morgan fingerprint density at radius 2 is 2.08 bits per heavy atom. The van der Waals surface area contributed by atoms with Gasteiger partial charge in [0.15, 0.2) is 0 Å². The van der Waals surface area contributed by atoms with E-state index in [1.165, 1.54) is 24.3 Å². The molecule has 2 heterocycles. The van der Waals surface area contributed by atoms with Crippen molar-refractivity contribution in [1.82, 2.24) is 10.1 Å². The first-order valence-electron chi connectivity index (χ1n) is 8.09. The first kappa shape index (κ1) is 18.1. The van der Waals surface area contributed by atoms with E-state index < -0.39 is 29.4 Å². The Bertz CT molecular complexity index is 843. The maximum Gasteiger partial charge on any atom is 0.416 e. The van der Waals surface area contributed by atoms with Crippen LogP contribution in [-0.2, 0) is 12.6 Å². The lowest BCUT2D eigenvalue weighted by molar-refractivity contribution is -0.138. The van der Waals surface area contributed by atoms with E-state index in [0.29, 0.717) is 12.2 Å². The van der Waals surface area contributed by atoms with Gasteiger partial charge in [-0.1, -0.05) is 18.2 Å². The number of nitrogens with one attached hydrogen (secondary N) is 1. The van der Waals surface area contributed by atoms with Gasteiger partial charge < -0.3 is 14.5 Å². The minimum atomic E-state index is -4.51. The maximum absolute atomic E-state index is 13.2. The van der Waals surface area contributed by atoms with E-state index in [1.54, 1.807) is 0 Å². The molecule has 140 valence electrons. The zero-order valence-corrected chi connectivity index (χ0v) is 13.6. The molecule has 0 spiro atoms. The Morgan fingerprint density at radius 3 is 2.69 bits per heavy atom. The molecule has 0 aliphatic carbocycles. The number of benzene rings is 1. The van der Waals surface area contributed by atoms with Gasteiger partial charge in [-0.25, -0.2) is 4.79 Å².